The van der Waals surface area contributed by atoms with Crippen LogP contribution in [-0.4, -0.2) is 24.4 Å². The topological polar surface area (TPSA) is 73.2 Å². The molecule has 0 atom stereocenters. The number of nitrogen functional groups attached to an aromatic ring is 1. The second kappa shape index (κ2) is 4.88. The van der Waals surface area contributed by atoms with E-state index in [1.54, 1.807) is 14.2 Å². The molecule has 1 aromatic carbocycles. The fourth-order valence-electron chi connectivity index (χ4n) is 1.79. The van der Waals surface area contributed by atoms with E-state index < -0.39 is 0 Å². The minimum absolute atomic E-state index is 0.428. The number of hydrogen-bond acceptors (Lipinski definition) is 4. The van der Waals surface area contributed by atoms with Gasteiger partial charge in [0, 0.05) is 12.7 Å². The lowest BCUT2D eigenvalue weighted by atomic mass is 10.0. The van der Waals surface area contributed by atoms with Crippen molar-refractivity contribution in [3.05, 3.63) is 30.0 Å². The lowest BCUT2D eigenvalue weighted by Gasteiger charge is -2.09. The average Bonchev–Trinajstić information content (AvgIpc) is 2.71. The summed E-state index contributed by atoms with van der Waals surface area (Å²) in [6.45, 7) is 0.428. The number of methoxy groups -OCH3 is 2. The van der Waals surface area contributed by atoms with Crippen molar-refractivity contribution in [1.82, 2.24) is 10.2 Å². The third-order valence-electron chi connectivity index (χ3n) is 2.53. The molecule has 0 bridgehead atoms. The van der Waals surface area contributed by atoms with E-state index in [4.69, 9.17) is 15.2 Å². The maximum Gasteiger partial charge on any atom is 0.153 e. The van der Waals surface area contributed by atoms with Gasteiger partial charge in [0.1, 0.15) is 5.75 Å². The highest BCUT2D eigenvalue weighted by Crippen LogP contribution is 2.35. The molecule has 17 heavy (non-hydrogen) atoms. The molecule has 0 saturated heterocycles. The number of benzene rings is 1. The number of H-pyrrole nitrogens is 1. The molecule has 0 aliphatic rings. The van der Waals surface area contributed by atoms with Crippen LogP contribution in [0.5, 0.6) is 5.75 Å². The Morgan fingerprint density at radius 1 is 1.29 bits per heavy atom. The quantitative estimate of drug-likeness (QED) is 0.844. The SMILES string of the molecule is COCc1[nH]nc(N)c1-c1ccccc1OC. The third-order valence-corrected chi connectivity index (χ3v) is 2.53. The number of nitrogens with one attached hydrogen (secondary N) is 1. The van der Waals surface area contributed by atoms with Crippen molar-refractivity contribution in [2.24, 2.45) is 0 Å². The van der Waals surface area contributed by atoms with E-state index in [0.717, 1.165) is 22.6 Å². The Kier molecular flexibility index (Phi) is 3.30. The van der Waals surface area contributed by atoms with Crippen molar-refractivity contribution in [3.8, 4) is 16.9 Å². The van der Waals surface area contributed by atoms with Gasteiger partial charge in [-0.05, 0) is 6.07 Å². The van der Waals surface area contributed by atoms with Crippen LogP contribution in [0.1, 0.15) is 5.69 Å². The molecular weight excluding hydrogens is 218 g/mol. The number of aromatic amines is 1. The van der Waals surface area contributed by atoms with E-state index in [1.807, 2.05) is 24.3 Å². The Morgan fingerprint density at radius 2 is 2.06 bits per heavy atom. The maximum atomic E-state index is 5.87. The second-order valence-electron chi connectivity index (χ2n) is 3.60. The molecule has 0 saturated carbocycles. The maximum absolute atomic E-state index is 5.87. The van der Waals surface area contributed by atoms with E-state index in [2.05, 4.69) is 10.2 Å². The summed E-state index contributed by atoms with van der Waals surface area (Å²) in [6.07, 6.45) is 0. The van der Waals surface area contributed by atoms with Gasteiger partial charge in [-0.25, -0.2) is 0 Å². The number of para-hydroxylation sites is 1. The van der Waals surface area contributed by atoms with Gasteiger partial charge in [-0.3, -0.25) is 5.10 Å². The first kappa shape index (κ1) is 11.5. The zero-order valence-electron chi connectivity index (χ0n) is 9.86. The van der Waals surface area contributed by atoms with Crippen molar-refractivity contribution in [2.45, 2.75) is 6.61 Å². The Balaban J connectivity index is 2.55. The summed E-state index contributed by atoms with van der Waals surface area (Å²) in [5, 5.41) is 6.87. The Hall–Kier alpha value is -2.01. The van der Waals surface area contributed by atoms with E-state index in [9.17, 15) is 0 Å². The van der Waals surface area contributed by atoms with Gasteiger partial charge in [0.15, 0.2) is 5.82 Å². The molecule has 0 unspecified atom stereocenters. The summed E-state index contributed by atoms with van der Waals surface area (Å²) < 4.78 is 10.4. The van der Waals surface area contributed by atoms with E-state index in [1.165, 1.54) is 0 Å². The average molecular weight is 233 g/mol. The van der Waals surface area contributed by atoms with Crippen LogP contribution in [0.15, 0.2) is 24.3 Å². The predicted molar refractivity (Wildman–Crippen MR) is 65.7 cm³/mol. The van der Waals surface area contributed by atoms with Crippen LogP contribution >= 0.6 is 0 Å². The third kappa shape index (κ3) is 2.09. The first-order valence-electron chi connectivity index (χ1n) is 5.23. The summed E-state index contributed by atoms with van der Waals surface area (Å²) in [7, 11) is 3.26. The molecule has 2 rings (SSSR count). The second-order valence-corrected chi connectivity index (χ2v) is 3.60. The predicted octanol–water partition coefficient (Wildman–Crippen LogP) is 1.81. The number of anilines is 1. The minimum Gasteiger partial charge on any atom is -0.496 e. The fourth-order valence-corrected chi connectivity index (χ4v) is 1.79. The molecule has 90 valence electrons. The van der Waals surface area contributed by atoms with Crippen molar-refractivity contribution in [3.63, 3.8) is 0 Å². The smallest absolute Gasteiger partial charge is 0.153 e. The van der Waals surface area contributed by atoms with Crippen LogP contribution in [0.25, 0.3) is 11.1 Å². The Morgan fingerprint density at radius 3 is 2.76 bits per heavy atom. The molecular formula is C12H15N3O2. The van der Waals surface area contributed by atoms with Crippen LogP contribution in [0, 0.1) is 0 Å². The van der Waals surface area contributed by atoms with Gasteiger partial charge in [-0.15, -0.1) is 0 Å². The molecule has 1 heterocycles. The van der Waals surface area contributed by atoms with Gasteiger partial charge < -0.3 is 15.2 Å². The summed E-state index contributed by atoms with van der Waals surface area (Å²) in [4.78, 5) is 0. The molecule has 0 aliphatic heterocycles. The van der Waals surface area contributed by atoms with Crippen molar-refractivity contribution >= 4 is 5.82 Å². The van der Waals surface area contributed by atoms with Gasteiger partial charge in [-0.1, -0.05) is 18.2 Å². The summed E-state index contributed by atoms with van der Waals surface area (Å²) in [5.41, 5.74) is 8.46. The molecule has 0 spiro atoms. The van der Waals surface area contributed by atoms with Gasteiger partial charge in [-0.2, -0.15) is 5.10 Å². The van der Waals surface area contributed by atoms with Crippen LogP contribution in [0.4, 0.5) is 5.82 Å². The normalized spacial score (nSPS) is 10.5. The zero-order chi connectivity index (χ0) is 12.3. The fraction of sp³-hybridized carbons (Fsp3) is 0.250. The lowest BCUT2D eigenvalue weighted by molar-refractivity contribution is 0.182. The summed E-state index contributed by atoms with van der Waals surface area (Å²) in [5.74, 6) is 1.21. The van der Waals surface area contributed by atoms with Gasteiger partial charge in [0.2, 0.25) is 0 Å². The monoisotopic (exact) mass is 233 g/mol. The number of ether oxygens (including phenoxy) is 2. The molecule has 1 aromatic heterocycles. The Bertz CT molecular complexity index is 508. The van der Waals surface area contributed by atoms with Crippen LogP contribution < -0.4 is 10.5 Å². The van der Waals surface area contributed by atoms with Gasteiger partial charge in [0.05, 0.1) is 25.0 Å². The largest absolute Gasteiger partial charge is 0.496 e. The molecule has 3 N–H and O–H groups in total. The number of hydrogen-bond donors (Lipinski definition) is 2. The number of nitrogens with zero attached hydrogens (tertiary/aromatic N) is 1. The number of rotatable bonds is 4. The standard InChI is InChI=1S/C12H15N3O2/c1-16-7-9-11(12(13)15-14-9)8-5-3-4-6-10(8)17-2/h3-6H,7H2,1-2H3,(H3,13,14,15). The highest BCUT2D eigenvalue weighted by molar-refractivity contribution is 5.80. The van der Waals surface area contributed by atoms with Gasteiger partial charge >= 0.3 is 0 Å². The first-order valence-corrected chi connectivity index (χ1v) is 5.23. The van der Waals surface area contributed by atoms with E-state index in [-0.39, 0.29) is 0 Å². The van der Waals surface area contributed by atoms with Crippen molar-refractivity contribution in [1.29, 1.82) is 0 Å². The molecule has 5 nitrogen and oxygen atoms in total. The first-order chi connectivity index (χ1) is 8.27. The molecule has 2 aromatic rings. The lowest BCUT2D eigenvalue weighted by Crippen LogP contribution is -1.95. The highest BCUT2D eigenvalue weighted by Gasteiger charge is 2.16. The van der Waals surface area contributed by atoms with Crippen molar-refractivity contribution < 1.29 is 9.47 Å². The summed E-state index contributed by atoms with van der Waals surface area (Å²) >= 11 is 0. The molecule has 5 heteroatoms. The van der Waals surface area contributed by atoms with Crippen molar-refractivity contribution in [2.75, 3.05) is 20.0 Å². The molecule has 0 fully saturated rings. The molecule has 0 amide bonds. The van der Waals surface area contributed by atoms with E-state index in [0.29, 0.717) is 12.4 Å². The van der Waals surface area contributed by atoms with Crippen LogP contribution in [0.2, 0.25) is 0 Å². The Labute approximate surface area is 99.5 Å². The number of aromatic nitrogens is 2. The minimum atomic E-state index is 0.428. The molecule has 0 radical (unpaired) electrons. The zero-order valence-corrected chi connectivity index (χ0v) is 9.86. The molecule has 0 aliphatic carbocycles. The number of nitrogens with two attached hydrogens (primary N) is 1. The van der Waals surface area contributed by atoms with Gasteiger partial charge in [0.25, 0.3) is 0 Å². The van der Waals surface area contributed by atoms with Crippen LogP contribution in [0.3, 0.4) is 0 Å². The van der Waals surface area contributed by atoms with Crippen LogP contribution in [-0.2, 0) is 11.3 Å². The highest BCUT2D eigenvalue weighted by atomic mass is 16.5. The summed E-state index contributed by atoms with van der Waals surface area (Å²) in [6, 6.07) is 7.67. The van der Waals surface area contributed by atoms with E-state index >= 15 is 0 Å².